The van der Waals surface area contributed by atoms with Crippen molar-refractivity contribution in [2.75, 3.05) is 26.6 Å². The van der Waals surface area contributed by atoms with E-state index in [1.165, 1.54) is 32.9 Å². The Hall–Kier alpha value is -3.34. The lowest BCUT2D eigenvalue weighted by Gasteiger charge is -2.13. The summed E-state index contributed by atoms with van der Waals surface area (Å²) in [5, 5.41) is 0.433. The number of aromatic nitrogens is 4. The first-order valence-corrected chi connectivity index (χ1v) is 10.3. The van der Waals surface area contributed by atoms with Gasteiger partial charge in [0.2, 0.25) is 0 Å². The number of benzene rings is 1. The van der Waals surface area contributed by atoms with Crippen molar-refractivity contribution in [1.29, 1.82) is 0 Å². The number of nitrogens with zero attached hydrogens (tertiary/aromatic N) is 4. The fourth-order valence-electron chi connectivity index (χ4n) is 2.97. The number of rotatable bonds is 7. The van der Waals surface area contributed by atoms with E-state index in [2.05, 4.69) is 9.97 Å². The first kappa shape index (κ1) is 22.3. The van der Waals surface area contributed by atoms with Crippen LogP contribution >= 0.6 is 11.8 Å². The van der Waals surface area contributed by atoms with Gasteiger partial charge in [0.05, 0.1) is 26.6 Å². The van der Waals surface area contributed by atoms with Crippen LogP contribution in [0.15, 0.2) is 32.8 Å². The van der Waals surface area contributed by atoms with Crippen molar-refractivity contribution < 1.29 is 19.0 Å². The Kier molecular flexibility index (Phi) is 6.64. The molecular weight excluding hydrogens is 424 g/mol. The molecule has 31 heavy (non-hydrogen) atoms. The number of ether oxygens (including phenoxy) is 3. The van der Waals surface area contributed by atoms with Gasteiger partial charge in [-0.2, -0.15) is 0 Å². The molecule has 10 nitrogen and oxygen atoms in total. The second kappa shape index (κ2) is 9.21. The SMILES string of the molecule is CCOC(=O)CSc1nc(-c2ccc(OC)c(OC)c2)nc2c1c(=O)n(C)c(=O)n2C. The number of fused-ring (bicyclic) bond motifs is 1. The molecule has 1 aromatic carbocycles. The van der Waals surface area contributed by atoms with Gasteiger partial charge in [0, 0.05) is 19.7 Å². The molecule has 3 rings (SSSR count). The lowest BCUT2D eigenvalue weighted by atomic mass is 10.2. The van der Waals surface area contributed by atoms with Crippen LogP contribution in [-0.2, 0) is 23.6 Å². The molecule has 0 unspecified atom stereocenters. The maximum absolute atomic E-state index is 12.8. The van der Waals surface area contributed by atoms with E-state index >= 15 is 0 Å². The van der Waals surface area contributed by atoms with Gasteiger partial charge in [0.15, 0.2) is 23.0 Å². The first-order valence-electron chi connectivity index (χ1n) is 9.30. The normalized spacial score (nSPS) is 10.9. The van der Waals surface area contributed by atoms with E-state index in [1.54, 1.807) is 25.1 Å². The van der Waals surface area contributed by atoms with Crippen LogP contribution in [0.25, 0.3) is 22.4 Å². The molecule has 0 spiro atoms. The summed E-state index contributed by atoms with van der Waals surface area (Å²) in [5.74, 6) is 0.793. The molecule has 2 heterocycles. The Morgan fingerprint density at radius 3 is 2.42 bits per heavy atom. The Labute approximate surface area is 181 Å². The minimum absolute atomic E-state index is 0.0443. The second-order valence-corrected chi connectivity index (χ2v) is 7.38. The molecule has 0 radical (unpaired) electrons. The van der Waals surface area contributed by atoms with Crippen molar-refractivity contribution >= 4 is 28.8 Å². The number of esters is 1. The molecule has 0 atom stereocenters. The number of aryl methyl sites for hydroxylation is 1. The third-order valence-corrected chi connectivity index (χ3v) is 5.49. The molecule has 11 heteroatoms. The van der Waals surface area contributed by atoms with Crippen molar-refractivity contribution in [3.8, 4) is 22.9 Å². The van der Waals surface area contributed by atoms with Gasteiger partial charge in [-0.3, -0.25) is 18.7 Å². The quantitative estimate of drug-likeness (QED) is 0.301. The smallest absolute Gasteiger partial charge is 0.332 e. The van der Waals surface area contributed by atoms with Crippen molar-refractivity contribution in [3.05, 3.63) is 39.0 Å². The molecule has 0 amide bonds. The van der Waals surface area contributed by atoms with Gasteiger partial charge in [-0.1, -0.05) is 11.8 Å². The lowest BCUT2D eigenvalue weighted by Crippen LogP contribution is -2.37. The van der Waals surface area contributed by atoms with Gasteiger partial charge in [-0.15, -0.1) is 0 Å². The van der Waals surface area contributed by atoms with E-state index in [-0.39, 0.29) is 34.2 Å². The number of carbonyl (C=O) groups excluding carboxylic acids is 1. The highest BCUT2D eigenvalue weighted by atomic mass is 32.2. The monoisotopic (exact) mass is 446 g/mol. The van der Waals surface area contributed by atoms with E-state index in [9.17, 15) is 14.4 Å². The van der Waals surface area contributed by atoms with Crippen LogP contribution in [0.4, 0.5) is 0 Å². The van der Waals surface area contributed by atoms with Crippen LogP contribution in [0, 0.1) is 0 Å². The summed E-state index contributed by atoms with van der Waals surface area (Å²) < 4.78 is 17.8. The van der Waals surface area contributed by atoms with Crippen LogP contribution in [0.2, 0.25) is 0 Å². The predicted molar refractivity (Wildman–Crippen MR) is 116 cm³/mol. The topological polar surface area (TPSA) is 115 Å². The zero-order valence-electron chi connectivity index (χ0n) is 17.8. The van der Waals surface area contributed by atoms with Crippen LogP contribution in [0.3, 0.4) is 0 Å². The summed E-state index contributed by atoms with van der Waals surface area (Å²) in [6, 6.07) is 5.14. The average Bonchev–Trinajstić information content (AvgIpc) is 2.79. The minimum atomic E-state index is -0.539. The highest BCUT2D eigenvalue weighted by molar-refractivity contribution is 8.00. The summed E-state index contributed by atoms with van der Waals surface area (Å²) in [6.45, 7) is 1.96. The van der Waals surface area contributed by atoms with Crippen molar-refractivity contribution in [3.63, 3.8) is 0 Å². The number of hydrogen-bond acceptors (Lipinski definition) is 9. The molecule has 0 aliphatic carbocycles. The first-order chi connectivity index (χ1) is 14.8. The van der Waals surface area contributed by atoms with Gasteiger partial charge < -0.3 is 14.2 Å². The van der Waals surface area contributed by atoms with Gasteiger partial charge in [-0.25, -0.2) is 14.8 Å². The van der Waals surface area contributed by atoms with E-state index in [1.807, 2.05) is 0 Å². The highest BCUT2D eigenvalue weighted by Crippen LogP contribution is 2.32. The van der Waals surface area contributed by atoms with Crippen LogP contribution in [-0.4, -0.2) is 51.7 Å². The van der Waals surface area contributed by atoms with Gasteiger partial charge in [0.25, 0.3) is 5.56 Å². The molecule has 0 aliphatic rings. The Morgan fingerprint density at radius 2 is 1.77 bits per heavy atom. The predicted octanol–water partition coefficient (Wildman–Crippen LogP) is 1.37. The maximum atomic E-state index is 12.8. The summed E-state index contributed by atoms with van der Waals surface area (Å²) in [7, 11) is 5.94. The van der Waals surface area contributed by atoms with Crippen LogP contribution in [0.1, 0.15) is 6.92 Å². The van der Waals surface area contributed by atoms with Crippen molar-refractivity contribution in [2.45, 2.75) is 11.9 Å². The molecule has 0 bridgehead atoms. The summed E-state index contributed by atoms with van der Waals surface area (Å²) in [6.07, 6.45) is 0. The standard InChI is InChI=1S/C20H22N4O6S/c1-6-30-14(25)10-31-18-15-17(23(2)20(27)24(3)19(15)26)21-16(22-18)11-7-8-12(28-4)13(9-11)29-5/h7-9H,6,10H2,1-5H3. The molecule has 0 N–H and O–H groups in total. The minimum Gasteiger partial charge on any atom is -0.493 e. The van der Waals surface area contributed by atoms with E-state index < -0.39 is 17.2 Å². The summed E-state index contributed by atoms with van der Waals surface area (Å²) >= 11 is 1.05. The molecule has 0 aliphatic heterocycles. The van der Waals surface area contributed by atoms with Gasteiger partial charge in [-0.05, 0) is 25.1 Å². The van der Waals surface area contributed by atoms with Gasteiger partial charge >= 0.3 is 11.7 Å². The number of thioether (sulfide) groups is 1. The molecule has 0 fully saturated rings. The third-order valence-electron chi connectivity index (χ3n) is 4.54. The summed E-state index contributed by atoms with van der Waals surface area (Å²) in [5.41, 5.74) is -0.302. The number of hydrogen-bond donors (Lipinski definition) is 0. The Balaban J connectivity index is 2.26. The largest absolute Gasteiger partial charge is 0.493 e. The fourth-order valence-corrected chi connectivity index (χ4v) is 3.78. The second-order valence-electron chi connectivity index (χ2n) is 6.42. The van der Waals surface area contributed by atoms with Crippen molar-refractivity contribution in [2.24, 2.45) is 14.1 Å². The number of carbonyl (C=O) groups is 1. The zero-order chi connectivity index (χ0) is 22.7. The Morgan fingerprint density at radius 1 is 1.06 bits per heavy atom. The molecule has 164 valence electrons. The molecule has 0 saturated heterocycles. The average molecular weight is 446 g/mol. The molecule has 3 aromatic rings. The maximum Gasteiger partial charge on any atom is 0.332 e. The lowest BCUT2D eigenvalue weighted by molar-refractivity contribution is -0.139. The van der Waals surface area contributed by atoms with Gasteiger partial charge in [0.1, 0.15) is 10.4 Å². The number of methoxy groups -OCH3 is 2. The van der Waals surface area contributed by atoms with Crippen molar-refractivity contribution in [1.82, 2.24) is 19.1 Å². The highest BCUT2D eigenvalue weighted by Gasteiger charge is 2.20. The zero-order valence-corrected chi connectivity index (χ0v) is 18.6. The summed E-state index contributed by atoms with van der Waals surface area (Å²) in [4.78, 5) is 46.2. The molecule has 2 aromatic heterocycles. The van der Waals surface area contributed by atoms with E-state index in [0.717, 1.165) is 16.3 Å². The van der Waals surface area contributed by atoms with E-state index in [4.69, 9.17) is 14.2 Å². The van der Waals surface area contributed by atoms with E-state index in [0.29, 0.717) is 17.1 Å². The third kappa shape index (κ3) is 4.26. The molecular formula is C20H22N4O6S. The fraction of sp³-hybridized carbons (Fsp3) is 0.350. The van der Waals surface area contributed by atoms with Crippen LogP contribution < -0.4 is 20.7 Å². The molecule has 0 saturated carbocycles. The Bertz CT molecular complexity index is 1270. The van der Waals surface area contributed by atoms with Crippen LogP contribution in [0.5, 0.6) is 11.5 Å².